The Kier molecular flexibility index (Phi) is 5.51. The van der Waals surface area contributed by atoms with Crippen molar-refractivity contribution in [2.45, 2.75) is 28.3 Å². The van der Waals surface area contributed by atoms with Crippen LogP contribution in [-0.2, 0) is 19.6 Å². The van der Waals surface area contributed by atoms with Gasteiger partial charge in [-0.3, -0.25) is 4.79 Å². The fraction of sp³-hybridized carbons (Fsp3) is 0.833. The summed E-state index contributed by atoms with van der Waals surface area (Å²) in [6.45, 7) is 0.334. The number of nitrogens with one attached hydrogen (secondary N) is 1. The minimum atomic E-state index is -6.56. The van der Waals surface area contributed by atoms with Gasteiger partial charge < -0.3 is 0 Å². The SMILES string of the molecule is CC(=O)NS(=O)(=O)C(F)(F)C(F)(F)OC(F)(F)C(F)(F)I. The number of hydrogen-bond donors (Lipinski definition) is 1. The van der Waals surface area contributed by atoms with Gasteiger partial charge in [0.1, 0.15) is 0 Å². The van der Waals surface area contributed by atoms with Crippen LogP contribution in [0, 0.1) is 0 Å². The topological polar surface area (TPSA) is 72.5 Å². The molecular formula is C6H4F8INO4S. The van der Waals surface area contributed by atoms with E-state index in [9.17, 15) is 48.3 Å². The van der Waals surface area contributed by atoms with Crippen molar-refractivity contribution in [2.75, 3.05) is 0 Å². The monoisotopic (exact) mass is 465 g/mol. The summed E-state index contributed by atoms with van der Waals surface area (Å²) in [5.41, 5.74) is 0. The van der Waals surface area contributed by atoms with Crippen molar-refractivity contribution in [3.8, 4) is 0 Å². The van der Waals surface area contributed by atoms with Crippen molar-refractivity contribution in [2.24, 2.45) is 0 Å². The van der Waals surface area contributed by atoms with Gasteiger partial charge in [0.15, 0.2) is 0 Å². The summed E-state index contributed by atoms with van der Waals surface area (Å²) >= 11 is -0.377. The predicted octanol–water partition coefficient (Wildman–Crippen LogP) is 2.28. The Morgan fingerprint density at radius 3 is 1.67 bits per heavy atom. The summed E-state index contributed by atoms with van der Waals surface area (Å²) in [5, 5.41) is -6.43. The molecule has 0 aliphatic heterocycles. The molecule has 0 heterocycles. The average Bonchev–Trinajstić information content (AvgIpc) is 2.10. The molecule has 0 radical (unpaired) electrons. The van der Waals surface area contributed by atoms with Gasteiger partial charge in [-0.25, -0.2) is 9.46 Å². The van der Waals surface area contributed by atoms with E-state index in [1.54, 1.807) is 0 Å². The lowest BCUT2D eigenvalue weighted by Gasteiger charge is -2.30. The van der Waals surface area contributed by atoms with Gasteiger partial charge in [0.25, 0.3) is 0 Å². The second-order valence-electron chi connectivity index (χ2n) is 3.31. The highest BCUT2D eigenvalue weighted by molar-refractivity contribution is 14.1. The molecule has 0 atom stereocenters. The number of sulfonamides is 1. The molecule has 0 spiro atoms. The van der Waals surface area contributed by atoms with Crippen molar-refractivity contribution in [3.05, 3.63) is 0 Å². The summed E-state index contributed by atoms with van der Waals surface area (Å²) < 4.78 is 120. The summed E-state index contributed by atoms with van der Waals surface area (Å²) in [6.07, 6.45) is -12.7. The van der Waals surface area contributed by atoms with Gasteiger partial charge in [-0.2, -0.15) is 43.5 Å². The molecule has 0 fully saturated rings. The number of ether oxygens (including phenoxy) is 1. The highest BCUT2D eigenvalue weighted by Crippen LogP contribution is 2.48. The fourth-order valence-corrected chi connectivity index (χ4v) is 1.66. The number of alkyl halides is 9. The lowest BCUT2D eigenvalue weighted by atomic mass is 10.6. The first-order chi connectivity index (χ1) is 8.87. The first-order valence-corrected chi connectivity index (χ1v) is 6.87. The third-order valence-electron chi connectivity index (χ3n) is 1.54. The standard InChI is InChI=1S/C6H4F8INO4S/c1-2(17)16-21(18,19)6(13,14)5(11,12)20-4(9,10)3(7,8)15/h1H3,(H,16,17). The van der Waals surface area contributed by atoms with E-state index in [1.165, 1.54) is 0 Å². The Balaban J connectivity index is 5.65. The number of rotatable bonds is 6. The third-order valence-corrected chi connectivity index (χ3v) is 3.64. The summed E-state index contributed by atoms with van der Waals surface area (Å²) in [4.78, 5) is 10.3. The molecule has 0 aromatic carbocycles. The van der Waals surface area contributed by atoms with E-state index >= 15 is 0 Å². The second-order valence-corrected chi connectivity index (χ2v) is 6.39. The van der Waals surface area contributed by atoms with Crippen LogP contribution in [0.4, 0.5) is 35.1 Å². The molecule has 0 saturated carbocycles. The number of hydrogen-bond acceptors (Lipinski definition) is 4. The van der Waals surface area contributed by atoms with Gasteiger partial charge in [-0.15, -0.1) is 0 Å². The molecule has 0 aliphatic carbocycles. The van der Waals surface area contributed by atoms with Crippen molar-refractivity contribution in [3.63, 3.8) is 0 Å². The molecule has 1 amide bonds. The first-order valence-electron chi connectivity index (χ1n) is 4.30. The van der Waals surface area contributed by atoms with Crippen LogP contribution >= 0.6 is 22.6 Å². The highest BCUT2D eigenvalue weighted by Gasteiger charge is 2.73. The van der Waals surface area contributed by atoms with E-state index in [1.807, 2.05) is 4.74 Å². The van der Waals surface area contributed by atoms with Crippen LogP contribution in [0.2, 0.25) is 0 Å². The highest BCUT2D eigenvalue weighted by atomic mass is 127. The van der Waals surface area contributed by atoms with Gasteiger partial charge >= 0.3 is 31.4 Å². The van der Waals surface area contributed by atoms with Gasteiger partial charge in [0.05, 0.1) is 0 Å². The van der Waals surface area contributed by atoms with Gasteiger partial charge in [0.2, 0.25) is 5.91 Å². The molecule has 0 saturated heterocycles. The van der Waals surface area contributed by atoms with Crippen LogP contribution in [0.3, 0.4) is 0 Å². The Hall–Kier alpha value is -0.450. The van der Waals surface area contributed by atoms with Gasteiger partial charge in [0, 0.05) is 29.5 Å². The van der Waals surface area contributed by atoms with Crippen molar-refractivity contribution in [1.82, 2.24) is 4.72 Å². The summed E-state index contributed by atoms with van der Waals surface area (Å²) in [6, 6.07) is 0. The quantitative estimate of drug-likeness (QED) is 0.372. The minimum Gasteiger partial charge on any atom is -0.274 e. The molecule has 0 bridgehead atoms. The molecular weight excluding hydrogens is 461 g/mol. The van der Waals surface area contributed by atoms with E-state index in [4.69, 9.17) is 0 Å². The molecule has 0 unspecified atom stereocenters. The number of carbonyl (C=O) groups is 1. The molecule has 15 heteroatoms. The summed E-state index contributed by atoms with van der Waals surface area (Å²) in [7, 11) is -6.52. The number of halogens is 9. The zero-order valence-corrected chi connectivity index (χ0v) is 12.4. The second kappa shape index (κ2) is 5.64. The summed E-state index contributed by atoms with van der Waals surface area (Å²) in [5.74, 6) is -1.75. The van der Waals surface area contributed by atoms with E-state index in [-0.39, 0.29) is 22.6 Å². The van der Waals surface area contributed by atoms with Crippen molar-refractivity contribution >= 4 is 38.5 Å². The van der Waals surface area contributed by atoms with E-state index in [0.29, 0.717) is 11.6 Å². The van der Waals surface area contributed by atoms with E-state index in [0.717, 1.165) is 0 Å². The van der Waals surface area contributed by atoms with Crippen LogP contribution in [0.5, 0.6) is 0 Å². The van der Waals surface area contributed by atoms with E-state index in [2.05, 4.69) is 0 Å². The van der Waals surface area contributed by atoms with Crippen LogP contribution < -0.4 is 4.72 Å². The maximum atomic E-state index is 13.0. The molecule has 0 aromatic rings. The van der Waals surface area contributed by atoms with Crippen LogP contribution in [0.25, 0.3) is 0 Å². The van der Waals surface area contributed by atoms with Crippen molar-refractivity contribution < 1.29 is 53.1 Å². The van der Waals surface area contributed by atoms with Crippen LogP contribution in [0.1, 0.15) is 6.92 Å². The zero-order chi connectivity index (χ0) is 17.5. The van der Waals surface area contributed by atoms with Crippen LogP contribution in [0.15, 0.2) is 0 Å². The maximum absolute atomic E-state index is 13.0. The molecule has 126 valence electrons. The predicted molar refractivity (Wildman–Crippen MR) is 57.6 cm³/mol. The Morgan fingerprint density at radius 2 is 1.38 bits per heavy atom. The molecule has 1 N–H and O–H groups in total. The largest absolute Gasteiger partial charge is 0.453 e. The Bertz CT molecular complexity index is 515. The number of carbonyl (C=O) groups excluding carboxylic acids is 1. The molecule has 0 aliphatic rings. The van der Waals surface area contributed by atoms with Gasteiger partial charge in [-0.05, 0) is 0 Å². The molecule has 5 nitrogen and oxygen atoms in total. The van der Waals surface area contributed by atoms with Crippen molar-refractivity contribution in [1.29, 1.82) is 0 Å². The fourth-order valence-electron chi connectivity index (χ4n) is 0.688. The first kappa shape index (κ1) is 20.6. The van der Waals surface area contributed by atoms with E-state index < -0.39 is 37.3 Å². The minimum absolute atomic E-state index is 0.334. The lowest BCUT2D eigenvalue weighted by molar-refractivity contribution is -0.438. The number of amides is 1. The Morgan fingerprint density at radius 1 is 1.00 bits per heavy atom. The molecule has 0 rings (SSSR count). The zero-order valence-electron chi connectivity index (χ0n) is 9.44. The average molecular weight is 465 g/mol. The normalized spacial score (nSPS) is 15.0. The smallest absolute Gasteiger partial charge is 0.274 e. The Labute approximate surface area is 125 Å². The molecule has 21 heavy (non-hydrogen) atoms. The van der Waals surface area contributed by atoms with Crippen LogP contribution in [-0.4, -0.2) is 35.7 Å². The molecule has 0 aromatic heterocycles. The van der Waals surface area contributed by atoms with Gasteiger partial charge in [-0.1, -0.05) is 0 Å². The maximum Gasteiger partial charge on any atom is 0.453 e. The lowest BCUT2D eigenvalue weighted by Crippen LogP contribution is -2.57. The third kappa shape index (κ3) is 4.27.